The average Bonchev–Trinajstić information content (AvgIpc) is 2.73. The third-order valence-corrected chi connectivity index (χ3v) is 3.11. The van der Waals surface area contributed by atoms with E-state index in [2.05, 4.69) is 10.5 Å². The Labute approximate surface area is 111 Å². The molecule has 2 N–H and O–H groups in total. The summed E-state index contributed by atoms with van der Waals surface area (Å²) in [5.41, 5.74) is 4.54. The van der Waals surface area contributed by atoms with Crippen LogP contribution < -0.4 is 20.5 Å². The Balaban J connectivity index is 2.34. The van der Waals surface area contributed by atoms with Crippen LogP contribution in [0.3, 0.4) is 0 Å². The summed E-state index contributed by atoms with van der Waals surface area (Å²) in [6.45, 7) is 6.35. The Morgan fingerprint density at radius 2 is 2.21 bits per heavy atom. The second kappa shape index (κ2) is 5.40. The van der Waals surface area contributed by atoms with Crippen LogP contribution >= 0.6 is 0 Å². The monoisotopic (exact) mass is 267 g/mol. The maximum atomic E-state index is 12.4. The Bertz CT molecular complexity index is 553. The van der Waals surface area contributed by atoms with Gasteiger partial charge < -0.3 is 4.74 Å². The third-order valence-electron chi connectivity index (χ3n) is 3.11. The van der Waals surface area contributed by atoms with Crippen molar-refractivity contribution in [3.05, 3.63) is 21.5 Å². The highest BCUT2D eigenvalue weighted by atomic mass is 16.5. The summed E-state index contributed by atoms with van der Waals surface area (Å²) in [4.78, 5) is 23.9. The number of anilines is 1. The molecular weight excluding hydrogens is 248 g/mol. The lowest BCUT2D eigenvalue weighted by Gasteiger charge is -2.09. The largest absolute Gasteiger partial charge is 0.463 e. The predicted molar refractivity (Wildman–Crippen MR) is 68.5 cm³/mol. The first-order valence-electron chi connectivity index (χ1n) is 6.40. The number of hydrogen-bond donors (Lipinski definition) is 2. The molecule has 0 bridgehead atoms. The van der Waals surface area contributed by atoms with Crippen molar-refractivity contribution in [3.8, 4) is 0 Å². The van der Waals surface area contributed by atoms with Crippen molar-refractivity contribution >= 4 is 11.8 Å². The second-order valence-electron chi connectivity index (χ2n) is 4.36. The minimum Gasteiger partial charge on any atom is -0.463 e. The van der Waals surface area contributed by atoms with Gasteiger partial charge in [-0.2, -0.15) is 5.01 Å². The number of nitrogens with zero attached hydrogens (tertiary/aromatic N) is 2. The van der Waals surface area contributed by atoms with Gasteiger partial charge in [0.25, 0.3) is 5.43 Å². The van der Waals surface area contributed by atoms with Crippen molar-refractivity contribution in [1.82, 2.24) is 10.5 Å². The third kappa shape index (κ3) is 2.46. The van der Waals surface area contributed by atoms with Crippen molar-refractivity contribution in [2.24, 2.45) is 0 Å². The number of hydrazine groups is 1. The Morgan fingerprint density at radius 3 is 2.84 bits per heavy atom. The number of carbonyl (C=O) groups excluding carboxylic acids is 1. The number of rotatable bonds is 4. The number of esters is 1. The SMILES string of the molecule is CCOC(=O)CN1NC[n+]2[nH]c(C)c(CC)c(=O)c21. The molecule has 0 saturated heterocycles. The fourth-order valence-corrected chi connectivity index (χ4v) is 2.26. The first-order chi connectivity index (χ1) is 9.08. The van der Waals surface area contributed by atoms with Gasteiger partial charge in [-0.15, -0.1) is 10.1 Å². The quantitative estimate of drug-likeness (QED) is 0.561. The van der Waals surface area contributed by atoms with E-state index in [-0.39, 0.29) is 17.9 Å². The number of carbonyl (C=O) groups is 1. The standard InChI is InChI=1S/C12H18N4O3/c1-4-9-8(3)14-16-7-13-15(12(16)11(9)18)6-10(17)19-5-2/h4-7H2,1-3H3,(H-,13,14,18)/p+1. The van der Waals surface area contributed by atoms with Crippen LogP contribution in [-0.2, 0) is 22.6 Å². The van der Waals surface area contributed by atoms with E-state index >= 15 is 0 Å². The van der Waals surface area contributed by atoms with Crippen molar-refractivity contribution in [1.29, 1.82) is 0 Å². The van der Waals surface area contributed by atoms with E-state index < -0.39 is 0 Å². The van der Waals surface area contributed by atoms with Gasteiger partial charge in [-0.3, -0.25) is 4.79 Å². The average molecular weight is 267 g/mol. The molecule has 7 heteroatoms. The highest BCUT2D eigenvalue weighted by molar-refractivity contribution is 5.74. The lowest BCUT2D eigenvalue weighted by atomic mass is 10.1. The second-order valence-corrected chi connectivity index (χ2v) is 4.36. The first-order valence-corrected chi connectivity index (χ1v) is 6.40. The molecule has 0 saturated carbocycles. The summed E-state index contributed by atoms with van der Waals surface area (Å²) in [6, 6.07) is 0. The maximum Gasteiger partial charge on any atom is 0.364 e. The molecule has 1 aliphatic heterocycles. The van der Waals surface area contributed by atoms with Crippen LogP contribution in [-0.4, -0.2) is 24.2 Å². The molecule has 0 aromatic carbocycles. The maximum absolute atomic E-state index is 12.4. The smallest absolute Gasteiger partial charge is 0.364 e. The van der Waals surface area contributed by atoms with Gasteiger partial charge >= 0.3 is 11.8 Å². The number of aromatic nitrogens is 2. The summed E-state index contributed by atoms with van der Waals surface area (Å²) in [5.74, 6) is 0.0944. The zero-order chi connectivity index (χ0) is 14.0. The molecule has 2 rings (SSSR count). The van der Waals surface area contributed by atoms with Crippen molar-refractivity contribution in [2.75, 3.05) is 18.2 Å². The summed E-state index contributed by atoms with van der Waals surface area (Å²) in [5, 5.41) is 4.68. The topological polar surface area (TPSA) is 78.3 Å². The molecule has 2 heterocycles. The Morgan fingerprint density at radius 1 is 1.47 bits per heavy atom. The van der Waals surface area contributed by atoms with Crippen molar-refractivity contribution < 1.29 is 14.2 Å². The fraction of sp³-hybridized carbons (Fsp3) is 0.583. The lowest BCUT2D eigenvalue weighted by Crippen LogP contribution is -2.43. The lowest BCUT2D eigenvalue weighted by molar-refractivity contribution is -0.735. The molecule has 19 heavy (non-hydrogen) atoms. The Kier molecular flexibility index (Phi) is 3.84. The van der Waals surface area contributed by atoms with E-state index in [0.717, 1.165) is 11.3 Å². The van der Waals surface area contributed by atoms with E-state index in [4.69, 9.17) is 4.74 Å². The summed E-state index contributed by atoms with van der Waals surface area (Å²) in [6.07, 6.45) is 0.655. The molecule has 1 aliphatic rings. The molecule has 104 valence electrons. The number of aryl methyl sites for hydroxylation is 1. The zero-order valence-corrected chi connectivity index (χ0v) is 11.4. The van der Waals surface area contributed by atoms with E-state index in [0.29, 0.717) is 25.5 Å². The predicted octanol–water partition coefficient (Wildman–Crippen LogP) is -0.622. The van der Waals surface area contributed by atoms with Gasteiger partial charge in [0, 0.05) is 5.56 Å². The molecule has 0 spiro atoms. The first kappa shape index (κ1) is 13.5. The fourth-order valence-electron chi connectivity index (χ4n) is 2.26. The van der Waals surface area contributed by atoms with Crippen LogP contribution in [0.15, 0.2) is 4.79 Å². The molecule has 0 fully saturated rings. The van der Waals surface area contributed by atoms with Gasteiger partial charge in [0.15, 0.2) is 6.67 Å². The molecule has 0 amide bonds. The van der Waals surface area contributed by atoms with Gasteiger partial charge in [-0.1, -0.05) is 6.92 Å². The minimum absolute atomic E-state index is 0.0170. The van der Waals surface area contributed by atoms with Crippen LogP contribution in [0.2, 0.25) is 0 Å². The van der Waals surface area contributed by atoms with Gasteiger partial charge in [-0.25, -0.2) is 9.89 Å². The molecule has 0 radical (unpaired) electrons. The summed E-state index contributed by atoms with van der Waals surface area (Å²) >= 11 is 0. The normalized spacial score (nSPS) is 13.5. The number of fused-ring (bicyclic) bond motifs is 1. The number of nitrogens with one attached hydrogen (secondary N) is 2. The number of ether oxygens (including phenoxy) is 1. The van der Waals surface area contributed by atoms with E-state index in [9.17, 15) is 9.59 Å². The van der Waals surface area contributed by atoms with Crippen LogP contribution in [0.25, 0.3) is 0 Å². The summed E-state index contributed by atoms with van der Waals surface area (Å²) < 4.78 is 6.60. The van der Waals surface area contributed by atoms with Gasteiger partial charge in [0.05, 0.1) is 12.3 Å². The minimum atomic E-state index is -0.360. The molecule has 0 unspecified atom stereocenters. The zero-order valence-electron chi connectivity index (χ0n) is 11.4. The van der Waals surface area contributed by atoms with Gasteiger partial charge in [0.2, 0.25) is 6.54 Å². The van der Waals surface area contributed by atoms with Crippen LogP contribution in [0.1, 0.15) is 25.1 Å². The van der Waals surface area contributed by atoms with Crippen LogP contribution in [0, 0.1) is 6.92 Å². The highest BCUT2D eigenvalue weighted by Gasteiger charge is 2.35. The van der Waals surface area contributed by atoms with Crippen molar-refractivity contribution in [2.45, 2.75) is 33.9 Å². The molecule has 0 aliphatic carbocycles. The Hall–Kier alpha value is -1.89. The summed E-state index contributed by atoms with van der Waals surface area (Å²) in [7, 11) is 0. The van der Waals surface area contributed by atoms with E-state index in [1.165, 1.54) is 5.01 Å². The van der Waals surface area contributed by atoms with Gasteiger partial charge in [-0.05, 0) is 20.3 Å². The molecule has 1 aromatic heterocycles. The molecule has 1 aromatic rings. The van der Waals surface area contributed by atoms with Crippen LogP contribution in [0.4, 0.5) is 5.82 Å². The number of hydrogen-bond acceptors (Lipinski definition) is 5. The highest BCUT2D eigenvalue weighted by Crippen LogP contribution is 2.08. The molecular formula is C12H19N4O3+. The number of H-pyrrole nitrogens is 1. The molecule has 7 nitrogen and oxygen atoms in total. The van der Waals surface area contributed by atoms with Gasteiger partial charge in [0.1, 0.15) is 0 Å². The molecule has 0 atom stereocenters. The number of aromatic amines is 1. The van der Waals surface area contributed by atoms with E-state index in [1.54, 1.807) is 11.6 Å². The van der Waals surface area contributed by atoms with Crippen LogP contribution in [0.5, 0.6) is 0 Å². The van der Waals surface area contributed by atoms with Crippen molar-refractivity contribution in [3.63, 3.8) is 0 Å². The van der Waals surface area contributed by atoms with E-state index in [1.807, 2.05) is 13.8 Å².